The normalized spacial score (nSPS) is 25.1. The standard InChI is InChI=1S/C27H33NO7/c1-27(2,17-34-26-23(31)21(29)22(30)24(35-26)25(32)33)14-7-4-8-15-28(3)16-19-12-9-11-18-10-5-6-13-20(18)19/h4-6,8-13,21-24,26,29-31H,15-17H2,1-3H3,(H,32,33)/b8-4+/t21-,22-,23+,24-,26+/m1/s1. The topological polar surface area (TPSA) is 120 Å². The summed E-state index contributed by atoms with van der Waals surface area (Å²) in [6, 6.07) is 14.6. The predicted octanol–water partition coefficient (Wildman–Crippen LogP) is 1.77. The molecular formula is C27H33NO7. The first kappa shape index (κ1) is 26.8. The Morgan fingerprint density at radius 1 is 1.11 bits per heavy atom. The first-order valence-electron chi connectivity index (χ1n) is 11.5. The largest absolute Gasteiger partial charge is 0.479 e. The lowest BCUT2D eigenvalue weighted by molar-refractivity contribution is -0.297. The third-order valence-corrected chi connectivity index (χ3v) is 5.77. The molecule has 1 saturated heterocycles. The molecule has 8 heteroatoms. The Balaban J connectivity index is 1.50. The lowest BCUT2D eigenvalue weighted by atomic mass is 9.95. The van der Waals surface area contributed by atoms with Crippen LogP contribution in [0.5, 0.6) is 0 Å². The van der Waals surface area contributed by atoms with Gasteiger partial charge in [-0.15, -0.1) is 0 Å². The molecule has 0 saturated carbocycles. The van der Waals surface area contributed by atoms with Crippen LogP contribution in [0.4, 0.5) is 0 Å². The second kappa shape index (κ2) is 11.8. The molecule has 4 N–H and O–H groups in total. The molecule has 2 aromatic carbocycles. The van der Waals surface area contributed by atoms with E-state index in [1.807, 2.05) is 39.1 Å². The number of carboxylic acid groups (broad SMARTS) is 1. The number of ether oxygens (including phenoxy) is 2. The smallest absolute Gasteiger partial charge is 0.335 e. The summed E-state index contributed by atoms with van der Waals surface area (Å²) >= 11 is 0. The van der Waals surface area contributed by atoms with Crippen molar-refractivity contribution in [3.8, 4) is 11.8 Å². The quantitative estimate of drug-likeness (QED) is 0.420. The number of fused-ring (bicyclic) bond motifs is 1. The van der Waals surface area contributed by atoms with Crippen LogP contribution in [0, 0.1) is 17.3 Å². The van der Waals surface area contributed by atoms with Crippen molar-refractivity contribution in [2.45, 2.75) is 51.1 Å². The Morgan fingerprint density at radius 2 is 1.83 bits per heavy atom. The zero-order chi connectivity index (χ0) is 25.6. The maximum Gasteiger partial charge on any atom is 0.335 e. The molecular weight excluding hydrogens is 450 g/mol. The van der Waals surface area contributed by atoms with Gasteiger partial charge in [0, 0.05) is 18.5 Å². The second-order valence-electron chi connectivity index (χ2n) is 9.44. The molecule has 8 nitrogen and oxygen atoms in total. The van der Waals surface area contributed by atoms with Gasteiger partial charge in [0.25, 0.3) is 0 Å². The zero-order valence-electron chi connectivity index (χ0n) is 20.2. The highest BCUT2D eigenvalue weighted by atomic mass is 16.7. The Bertz CT molecular complexity index is 1100. The Hall–Kier alpha value is -2.77. The Morgan fingerprint density at radius 3 is 2.57 bits per heavy atom. The highest BCUT2D eigenvalue weighted by Crippen LogP contribution is 2.25. The number of carboxylic acids is 1. The van der Waals surface area contributed by atoms with Gasteiger partial charge in [-0.3, -0.25) is 4.90 Å². The van der Waals surface area contributed by atoms with Crippen molar-refractivity contribution >= 4 is 16.7 Å². The summed E-state index contributed by atoms with van der Waals surface area (Å²) < 4.78 is 10.6. The number of carbonyl (C=O) groups is 1. The Kier molecular flexibility index (Phi) is 9.03. The summed E-state index contributed by atoms with van der Waals surface area (Å²) in [4.78, 5) is 13.4. The van der Waals surface area contributed by atoms with E-state index in [1.165, 1.54) is 16.3 Å². The number of allylic oxidation sites excluding steroid dienone is 1. The van der Waals surface area contributed by atoms with Crippen LogP contribution in [-0.2, 0) is 20.8 Å². The lowest BCUT2D eigenvalue weighted by Gasteiger charge is -2.39. The number of hydrogen-bond acceptors (Lipinski definition) is 7. The van der Waals surface area contributed by atoms with Crippen LogP contribution >= 0.6 is 0 Å². The van der Waals surface area contributed by atoms with Gasteiger partial charge >= 0.3 is 5.97 Å². The van der Waals surface area contributed by atoms with Crippen molar-refractivity contribution in [3.05, 3.63) is 60.2 Å². The number of hydrogen-bond donors (Lipinski definition) is 4. The number of nitrogens with zero attached hydrogens (tertiary/aromatic N) is 1. The van der Waals surface area contributed by atoms with Crippen LogP contribution in [-0.4, -0.2) is 82.2 Å². The molecule has 1 aliphatic heterocycles. The summed E-state index contributed by atoms with van der Waals surface area (Å²) in [5.74, 6) is 4.61. The van der Waals surface area contributed by atoms with Crippen LogP contribution in [0.3, 0.4) is 0 Å². The monoisotopic (exact) mass is 483 g/mol. The number of aliphatic carboxylic acids is 1. The van der Waals surface area contributed by atoms with Crippen molar-refractivity contribution in [1.29, 1.82) is 0 Å². The van der Waals surface area contributed by atoms with E-state index in [9.17, 15) is 20.1 Å². The fraction of sp³-hybridized carbons (Fsp3) is 0.444. The molecule has 1 aliphatic rings. The molecule has 1 fully saturated rings. The minimum Gasteiger partial charge on any atom is -0.479 e. The van der Waals surface area contributed by atoms with Crippen molar-refractivity contribution in [2.24, 2.45) is 5.41 Å². The van der Waals surface area contributed by atoms with Gasteiger partial charge in [0.2, 0.25) is 0 Å². The average molecular weight is 484 g/mol. The zero-order valence-corrected chi connectivity index (χ0v) is 20.2. The molecule has 0 bridgehead atoms. The van der Waals surface area contributed by atoms with E-state index in [0.29, 0.717) is 6.54 Å². The summed E-state index contributed by atoms with van der Waals surface area (Å²) in [6.07, 6.45) is -4.37. The highest BCUT2D eigenvalue weighted by molar-refractivity contribution is 5.85. The molecule has 0 unspecified atom stereocenters. The van der Waals surface area contributed by atoms with E-state index >= 15 is 0 Å². The van der Waals surface area contributed by atoms with Gasteiger partial charge in [-0.05, 0) is 43.3 Å². The number of aliphatic hydroxyl groups is 3. The van der Waals surface area contributed by atoms with Crippen molar-refractivity contribution in [3.63, 3.8) is 0 Å². The van der Waals surface area contributed by atoms with E-state index in [0.717, 1.165) is 6.54 Å². The molecule has 188 valence electrons. The number of likely N-dealkylation sites (N-methyl/N-ethyl adjacent to an activating group) is 1. The van der Waals surface area contributed by atoms with Crippen LogP contribution in [0.2, 0.25) is 0 Å². The lowest BCUT2D eigenvalue weighted by Crippen LogP contribution is -2.60. The second-order valence-corrected chi connectivity index (χ2v) is 9.44. The van der Waals surface area contributed by atoms with Gasteiger partial charge in [-0.1, -0.05) is 60.4 Å². The maximum atomic E-state index is 11.2. The van der Waals surface area contributed by atoms with Crippen molar-refractivity contribution < 1.29 is 34.7 Å². The summed E-state index contributed by atoms with van der Waals surface area (Å²) in [5, 5.41) is 41.3. The molecule has 5 atom stereocenters. The van der Waals surface area contributed by atoms with Gasteiger partial charge in [0.15, 0.2) is 12.4 Å². The molecule has 0 radical (unpaired) electrons. The SMILES string of the molecule is CN(C/C=C/C#CC(C)(C)CO[C@H]1O[C@@H](C(=O)O)[C@H](O)[C@@H](O)[C@@H]1O)Cc1cccc2ccccc12. The highest BCUT2D eigenvalue weighted by Gasteiger charge is 2.47. The first-order chi connectivity index (χ1) is 16.6. The molecule has 0 amide bonds. The molecule has 35 heavy (non-hydrogen) atoms. The van der Waals surface area contributed by atoms with E-state index in [2.05, 4.69) is 47.1 Å². The van der Waals surface area contributed by atoms with Crippen molar-refractivity contribution in [1.82, 2.24) is 4.90 Å². The average Bonchev–Trinajstić information content (AvgIpc) is 2.82. The molecule has 0 spiro atoms. The van der Waals surface area contributed by atoms with Gasteiger partial charge in [-0.25, -0.2) is 4.79 Å². The minimum atomic E-state index is -1.75. The predicted molar refractivity (Wildman–Crippen MR) is 131 cm³/mol. The summed E-state index contributed by atoms with van der Waals surface area (Å²) in [6.45, 7) is 5.20. The van der Waals surface area contributed by atoms with Crippen LogP contribution < -0.4 is 0 Å². The van der Waals surface area contributed by atoms with E-state index < -0.39 is 42.1 Å². The molecule has 1 heterocycles. The minimum absolute atomic E-state index is 0.0195. The fourth-order valence-corrected chi connectivity index (χ4v) is 3.83. The fourth-order valence-electron chi connectivity index (χ4n) is 3.83. The van der Waals surface area contributed by atoms with E-state index in [-0.39, 0.29) is 6.61 Å². The third kappa shape index (κ3) is 7.12. The maximum absolute atomic E-state index is 11.2. The molecule has 3 rings (SSSR count). The molecule has 0 aromatic heterocycles. The number of benzene rings is 2. The van der Waals surface area contributed by atoms with Gasteiger partial charge in [-0.2, -0.15) is 0 Å². The van der Waals surface area contributed by atoms with E-state index in [4.69, 9.17) is 14.6 Å². The van der Waals surface area contributed by atoms with Crippen LogP contribution in [0.25, 0.3) is 10.8 Å². The number of aliphatic hydroxyl groups excluding tert-OH is 3. The first-order valence-corrected chi connectivity index (χ1v) is 11.5. The van der Waals surface area contributed by atoms with E-state index in [1.54, 1.807) is 6.08 Å². The van der Waals surface area contributed by atoms with Gasteiger partial charge < -0.3 is 29.9 Å². The third-order valence-electron chi connectivity index (χ3n) is 5.77. The van der Waals surface area contributed by atoms with Gasteiger partial charge in [0.1, 0.15) is 18.3 Å². The van der Waals surface area contributed by atoms with Gasteiger partial charge in [0.05, 0.1) is 6.61 Å². The molecule has 2 aromatic rings. The Labute approximate surface area is 205 Å². The van der Waals surface area contributed by atoms with Crippen LogP contribution in [0.15, 0.2) is 54.6 Å². The van der Waals surface area contributed by atoms with Crippen LogP contribution in [0.1, 0.15) is 19.4 Å². The number of rotatable bonds is 8. The molecule has 0 aliphatic carbocycles. The summed E-state index contributed by atoms with van der Waals surface area (Å²) in [7, 11) is 2.04. The van der Waals surface area contributed by atoms with Crippen molar-refractivity contribution in [2.75, 3.05) is 20.2 Å². The summed E-state index contributed by atoms with van der Waals surface area (Å²) in [5.41, 5.74) is 0.625.